The Kier molecular flexibility index (Phi) is 6.58. The van der Waals surface area contributed by atoms with Crippen LogP contribution in [0.5, 0.6) is 0 Å². The third-order valence-electron chi connectivity index (χ3n) is 6.18. The number of carbonyl (C=O) groups is 1. The van der Waals surface area contributed by atoms with Crippen molar-refractivity contribution in [2.75, 3.05) is 18.4 Å². The first-order valence-electron chi connectivity index (χ1n) is 11.2. The molecule has 180 valence electrons. The minimum atomic E-state index is -4.54. The molecule has 1 aromatic carbocycles. The summed E-state index contributed by atoms with van der Waals surface area (Å²) in [6.07, 6.45) is -0.872. The summed E-state index contributed by atoms with van der Waals surface area (Å²) in [5.41, 5.74) is 2.06. The first-order chi connectivity index (χ1) is 16.1. The van der Waals surface area contributed by atoms with Gasteiger partial charge in [0.25, 0.3) is 5.91 Å². The number of alkyl halides is 3. The summed E-state index contributed by atoms with van der Waals surface area (Å²) in [6.45, 7) is 6.87. The Balaban J connectivity index is 1.57. The lowest BCUT2D eigenvalue weighted by molar-refractivity contribution is -0.141. The summed E-state index contributed by atoms with van der Waals surface area (Å²) >= 11 is 0. The van der Waals surface area contributed by atoms with E-state index in [2.05, 4.69) is 27.5 Å². The molecule has 1 unspecified atom stereocenters. The van der Waals surface area contributed by atoms with Gasteiger partial charge in [-0.1, -0.05) is 18.6 Å². The first-order valence-corrected chi connectivity index (χ1v) is 11.2. The van der Waals surface area contributed by atoms with Gasteiger partial charge < -0.3 is 10.2 Å². The maximum Gasteiger partial charge on any atom is 0.435 e. The van der Waals surface area contributed by atoms with Crippen molar-refractivity contribution in [2.45, 2.75) is 45.8 Å². The number of halogens is 3. The number of benzene rings is 1. The molecule has 1 fully saturated rings. The average molecular weight is 473 g/mol. The van der Waals surface area contributed by atoms with E-state index in [0.717, 1.165) is 30.2 Å². The lowest BCUT2D eigenvalue weighted by Gasteiger charge is -2.40. The van der Waals surface area contributed by atoms with Gasteiger partial charge in [0.15, 0.2) is 5.69 Å². The second-order valence-corrected chi connectivity index (χ2v) is 8.79. The Morgan fingerprint density at radius 3 is 2.59 bits per heavy atom. The Hall–Kier alpha value is -3.43. The highest BCUT2D eigenvalue weighted by Crippen LogP contribution is 2.29. The van der Waals surface area contributed by atoms with E-state index in [-0.39, 0.29) is 23.7 Å². The van der Waals surface area contributed by atoms with Gasteiger partial charge in [-0.25, -0.2) is 4.68 Å². The molecule has 0 spiro atoms. The van der Waals surface area contributed by atoms with Crippen LogP contribution >= 0.6 is 0 Å². The number of anilines is 1. The standard InChI is InChI=1S/C24H27F3N6O/c1-15-6-7-19(33-12-10-17(3)31-33)18(13-15)23(34)32-11-4-5-16(2)20(32)14-28-22-9-8-21(29-30-22)24(25,26)27/h6-10,12-13,16,20H,4-5,11,14H2,1-3H3,(H,28,30)/t16-,20?/m1/s1. The largest absolute Gasteiger partial charge is 0.435 e. The topological polar surface area (TPSA) is 75.9 Å². The lowest BCUT2D eigenvalue weighted by atomic mass is 9.89. The highest BCUT2D eigenvalue weighted by atomic mass is 19.4. The van der Waals surface area contributed by atoms with Crippen LogP contribution in [0.4, 0.5) is 19.0 Å². The molecule has 3 aromatic rings. The van der Waals surface area contributed by atoms with Gasteiger partial charge in [-0.3, -0.25) is 4.79 Å². The van der Waals surface area contributed by atoms with Crippen LogP contribution in [0.1, 0.15) is 47.1 Å². The van der Waals surface area contributed by atoms with Gasteiger partial charge in [0.2, 0.25) is 0 Å². The fourth-order valence-electron chi connectivity index (χ4n) is 4.32. The molecule has 4 rings (SSSR count). The molecule has 1 amide bonds. The zero-order valence-corrected chi connectivity index (χ0v) is 19.3. The molecule has 2 atom stereocenters. The Bertz CT molecular complexity index is 1160. The van der Waals surface area contributed by atoms with Crippen molar-refractivity contribution < 1.29 is 18.0 Å². The van der Waals surface area contributed by atoms with E-state index >= 15 is 0 Å². The van der Waals surface area contributed by atoms with E-state index in [1.54, 1.807) is 4.68 Å². The maximum atomic E-state index is 13.8. The summed E-state index contributed by atoms with van der Waals surface area (Å²) in [6, 6.07) is 9.60. The summed E-state index contributed by atoms with van der Waals surface area (Å²) in [7, 11) is 0. The van der Waals surface area contributed by atoms with Crippen molar-refractivity contribution >= 4 is 11.7 Å². The third kappa shape index (κ3) is 5.05. The van der Waals surface area contributed by atoms with Gasteiger partial charge in [0.1, 0.15) is 5.82 Å². The number of likely N-dealkylation sites (tertiary alicyclic amines) is 1. The summed E-state index contributed by atoms with van der Waals surface area (Å²) < 4.78 is 40.0. The Morgan fingerprint density at radius 2 is 1.94 bits per heavy atom. The van der Waals surface area contributed by atoms with Gasteiger partial charge in [-0.15, -0.1) is 10.2 Å². The van der Waals surface area contributed by atoms with Crippen molar-refractivity contribution in [1.29, 1.82) is 0 Å². The minimum Gasteiger partial charge on any atom is -0.367 e. The summed E-state index contributed by atoms with van der Waals surface area (Å²) in [5.74, 6) is 0.345. The number of aryl methyl sites for hydroxylation is 2. The van der Waals surface area contributed by atoms with Crippen LogP contribution in [-0.4, -0.2) is 49.9 Å². The third-order valence-corrected chi connectivity index (χ3v) is 6.18. The van der Waals surface area contributed by atoms with Crippen molar-refractivity contribution in [2.24, 2.45) is 5.92 Å². The number of piperidine rings is 1. The molecule has 2 aromatic heterocycles. The monoisotopic (exact) mass is 472 g/mol. The molecule has 10 heteroatoms. The molecule has 0 saturated carbocycles. The highest BCUT2D eigenvalue weighted by Gasteiger charge is 2.34. The number of amides is 1. The van der Waals surface area contributed by atoms with Crippen LogP contribution in [0.3, 0.4) is 0 Å². The maximum absolute atomic E-state index is 13.8. The molecule has 1 aliphatic heterocycles. The predicted molar refractivity (Wildman–Crippen MR) is 122 cm³/mol. The molecule has 0 bridgehead atoms. The van der Waals surface area contributed by atoms with Crippen molar-refractivity contribution in [1.82, 2.24) is 24.9 Å². The zero-order valence-electron chi connectivity index (χ0n) is 19.3. The van der Waals surface area contributed by atoms with Gasteiger partial charge >= 0.3 is 6.18 Å². The van der Waals surface area contributed by atoms with Crippen LogP contribution in [-0.2, 0) is 6.18 Å². The van der Waals surface area contributed by atoms with Crippen LogP contribution in [0.15, 0.2) is 42.6 Å². The average Bonchev–Trinajstić information content (AvgIpc) is 3.23. The van der Waals surface area contributed by atoms with Crippen molar-refractivity contribution in [3.8, 4) is 5.69 Å². The lowest BCUT2D eigenvalue weighted by Crippen LogP contribution is -2.51. The number of rotatable bonds is 5. The van der Waals surface area contributed by atoms with E-state index in [0.29, 0.717) is 24.3 Å². The zero-order chi connectivity index (χ0) is 24.5. The molecule has 1 N–H and O–H groups in total. The molecule has 3 heterocycles. The van der Waals surface area contributed by atoms with Gasteiger partial charge in [-0.05, 0) is 62.9 Å². The fourth-order valence-corrected chi connectivity index (χ4v) is 4.32. The quantitative estimate of drug-likeness (QED) is 0.585. The van der Waals surface area contributed by atoms with Crippen LogP contribution in [0.2, 0.25) is 0 Å². The number of aromatic nitrogens is 4. The Morgan fingerprint density at radius 1 is 1.15 bits per heavy atom. The number of nitrogens with zero attached hydrogens (tertiary/aromatic N) is 5. The van der Waals surface area contributed by atoms with Crippen LogP contribution in [0, 0.1) is 19.8 Å². The van der Waals surface area contributed by atoms with Gasteiger partial charge in [0, 0.05) is 19.3 Å². The second-order valence-electron chi connectivity index (χ2n) is 8.79. The SMILES string of the molecule is Cc1ccc(-n2ccc(C)n2)c(C(=O)N2CCC[C@@H](C)C2CNc2ccc(C(F)(F)F)nn2)c1. The van der Waals surface area contributed by atoms with Gasteiger partial charge in [0.05, 0.1) is 23.0 Å². The van der Waals surface area contributed by atoms with E-state index in [4.69, 9.17) is 0 Å². The van der Waals surface area contributed by atoms with Crippen LogP contribution in [0.25, 0.3) is 5.69 Å². The van der Waals surface area contributed by atoms with Crippen LogP contribution < -0.4 is 5.32 Å². The highest BCUT2D eigenvalue weighted by molar-refractivity contribution is 5.98. The first kappa shape index (κ1) is 23.7. The van der Waals surface area contributed by atoms with E-state index in [9.17, 15) is 18.0 Å². The second kappa shape index (κ2) is 9.44. The number of hydrogen-bond acceptors (Lipinski definition) is 5. The minimum absolute atomic E-state index is 0.0938. The normalized spacial score (nSPS) is 18.7. The number of hydrogen-bond donors (Lipinski definition) is 1. The molecule has 0 aliphatic carbocycles. The summed E-state index contributed by atoms with van der Waals surface area (Å²) in [4.78, 5) is 15.6. The Labute approximate surface area is 196 Å². The number of carbonyl (C=O) groups excluding carboxylic acids is 1. The van der Waals surface area contributed by atoms with E-state index in [1.807, 2.05) is 49.2 Å². The molecule has 0 radical (unpaired) electrons. The molecule has 1 aliphatic rings. The predicted octanol–water partition coefficient (Wildman–Crippen LogP) is 4.65. The molecule has 7 nitrogen and oxygen atoms in total. The molecular formula is C24H27F3N6O. The molecule has 34 heavy (non-hydrogen) atoms. The number of nitrogens with one attached hydrogen (secondary N) is 1. The molecular weight excluding hydrogens is 445 g/mol. The smallest absolute Gasteiger partial charge is 0.367 e. The van der Waals surface area contributed by atoms with E-state index < -0.39 is 11.9 Å². The van der Waals surface area contributed by atoms with Crippen molar-refractivity contribution in [3.05, 3.63) is 65.1 Å². The molecule has 1 saturated heterocycles. The van der Waals surface area contributed by atoms with Gasteiger partial charge in [-0.2, -0.15) is 18.3 Å². The fraction of sp³-hybridized carbons (Fsp3) is 0.417. The van der Waals surface area contributed by atoms with E-state index in [1.165, 1.54) is 6.07 Å². The summed E-state index contributed by atoms with van der Waals surface area (Å²) in [5, 5.41) is 14.5. The van der Waals surface area contributed by atoms with Crippen molar-refractivity contribution in [3.63, 3.8) is 0 Å².